The molecular weight excluding hydrogens is 341 g/mol. The fourth-order valence-electron chi connectivity index (χ4n) is 4.06. The Morgan fingerprint density at radius 3 is 2.48 bits per heavy atom. The lowest BCUT2D eigenvalue weighted by Crippen LogP contribution is -2.58. The monoisotopic (exact) mass is 364 g/mol. The molecule has 1 spiro atoms. The molecule has 0 aromatic heterocycles. The summed E-state index contributed by atoms with van der Waals surface area (Å²) in [6.07, 6.45) is -4.42. The van der Waals surface area contributed by atoms with E-state index in [9.17, 15) is 18.0 Å². The lowest BCUT2D eigenvalue weighted by molar-refractivity contribution is -0.157. The fourth-order valence-corrected chi connectivity index (χ4v) is 4.06. The predicted molar refractivity (Wildman–Crippen MR) is 81.1 cm³/mol. The van der Waals surface area contributed by atoms with Crippen LogP contribution in [0.1, 0.15) is 26.7 Å². The van der Waals surface area contributed by atoms with Crippen molar-refractivity contribution in [3.8, 4) is 0 Å². The first-order valence-electron chi connectivity index (χ1n) is 8.24. The number of methoxy groups -OCH3 is 2. The van der Waals surface area contributed by atoms with E-state index < -0.39 is 41.3 Å². The van der Waals surface area contributed by atoms with Crippen molar-refractivity contribution in [2.45, 2.75) is 62.4 Å². The summed E-state index contributed by atoms with van der Waals surface area (Å²) < 4.78 is 60.0. The van der Waals surface area contributed by atoms with E-state index >= 15 is 0 Å². The van der Waals surface area contributed by atoms with E-state index in [0.717, 1.165) is 13.0 Å². The summed E-state index contributed by atoms with van der Waals surface area (Å²) in [7, 11) is 2.91. The number of alkyl halides is 3. The molecule has 25 heavy (non-hydrogen) atoms. The molecular formula is C17H23F3O5. The Morgan fingerprint density at radius 1 is 1.36 bits per heavy atom. The van der Waals surface area contributed by atoms with Crippen LogP contribution in [0.4, 0.5) is 13.2 Å². The van der Waals surface area contributed by atoms with Crippen LogP contribution >= 0.6 is 0 Å². The zero-order chi connectivity index (χ0) is 18.6. The van der Waals surface area contributed by atoms with Gasteiger partial charge in [-0.15, -0.1) is 0 Å². The van der Waals surface area contributed by atoms with Gasteiger partial charge in [0.25, 0.3) is 0 Å². The topological polar surface area (TPSA) is 60.6 Å². The second-order valence-electron chi connectivity index (χ2n) is 7.23. The quantitative estimate of drug-likeness (QED) is 0.554. The number of Topliss-reactive ketones (excluding diaryl/α,β-unsaturated/α-hetero) is 1. The Balaban J connectivity index is 1.78. The van der Waals surface area contributed by atoms with E-state index in [-0.39, 0.29) is 18.1 Å². The zero-order valence-corrected chi connectivity index (χ0v) is 14.7. The summed E-state index contributed by atoms with van der Waals surface area (Å²) in [5.74, 6) is -0.540. The summed E-state index contributed by atoms with van der Waals surface area (Å²) in [4.78, 5) is 12.6. The van der Waals surface area contributed by atoms with Gasteiger partial charge >= 0.3 is 6.18 Å². The number of epoxide rings is 2. The number of hydrogen-bond donors (Lipinski definition) is 0. The molecule has 2 saturated heterocycles. The van der Waals surface area contributed by atoms with Crippen molar-refractivity contribution in [3.05, 3.63) is 11.6 Å². The summed E-state index contributed by atoms with van der Waals surface area (Å²) in [6.45, 7) is 3.32. The van der Waals surface area contributed by atoms with E-state index in [1.54, 1.807) is 0 Å². The largest absolute Gasteiger partial charge is 0.412 e. The van der Waals surface area contributed by atoms with Gasteiger partial charge in [0.2, 0.25) is 0 Å². The van der Waals surface area contributed by atoms with Crippen molar-refractivity contribution >= 4 is 5.78 Å². The van der Waals surface area contributed by atoms with Gasteiger partial charge in [-0.25, -0.2) is 0 Å². The molecule has 6 unspecified atom stereocenters. The van der Waals surface area contributed by atoms with Crippen LogP contribution in [-0.4, -0.2) is 62.3 Å². The molecule has 0 bridgehead atoms. The minimum atomic E-state index is -4.34. The fraction of sp³-hybridized carbons (Fsp3) is 0.824. The minimum Gasteiger partial charge on any atom is -0.373 e. The first-order chi connectivity index (χ1) is 11.6. The minimum absolute atomic E-state index is 0.132. The maximum Gasteiger partial charge on any atom is 0.412 e. The second-order valence-corrected chi connectivity index (χ2v) is 7.23. The van der Waals surface area contributed by atoms with Crippen molar-refractivity contribution in [2.75, 3.05) is 20.8 Å². The van der Waals surface area contributed by atoms with Gasteiger partial charge in [0, 0.05) is 26.2 Å². The molecule has 3 aliphatic rings. The number of allylic oxidation sites excluding steroid dienone is 1. The number of carbonyl (C=O) groups excluding carboxylic acids is 1. The standard InChI is InChI=1S/C17H23F3O5/c1-9(17(18,19)20)5-6-11-15(2,25-11)14-13(23-4)12(21)10(22-3)7-16(14)8-24-16/h5,10-11,13-14H,6-8H2,1-4H3. The highest BCUT2D eigenvalue weighted by Gasteiger charge is 2.73. The highest BCUT2D eigenvalue weighted by Crippen LogP contribution is 2.59. The lowest BCUT2D eigenvalue weighted by Gasteiger charge is -2.40. The van der Waals surface area contributed by atoms with Crippen LogP contribution in [0, 0.1) is 5.92 Å². The maximum atomic E-state index is 12.6. The first kappa shape index (κ1) is 18.8. The number of ketones is 1. The molecule has 1 saturated carbocycles. The Kier molecular flexibility index (Phi) is 4.55. The molecule has 0 N–H and O–H groups in total. The van der Waals surface area contributed by atoms with Gasteiger partial charge < -0.3 is 18.9 Å². The Hall–Kier alpha value is -0.960. The Morgan fingerprint density at radius 2 is 2.00 bits per heavy atom. The van der Waals surface area contributed by atoms with Gasteiger partial charge in [-0.2, -0.15) is 13.2 Å². The van der Waals surface area contributed by atoms with Gasteiger partial charge in [-0.05, 0) is 20.3 Å². The molecule has 2 aliphatic heterocycles. The molecule has 5 nitrogen and oxygen atoms in total. The molecule has 0 aromatic rings. The van der Waals surface area contributed by atoms with Crippen molar-refractivity contribution in [3.63, 3.8) is 0 Å². The van der Waals surface area contributed by atoms with Crippen LogP contribution in [0.15, 0.2) is 11.6 Å². The van der Waals surface area contributed by atoms with E-state index in [4.69, 9.17) is 18.9 Å². The number of hydrogen-bond acceptors (Lipinski definition) is 5. The number of carbonyl (C=O) groups is 1. The maximum absolute atomic E-state index is 12.6. The average Bonchev–Trinajstić information content (AvgIpc) is 3.44. The highest BCUT2D eigenvalue weighted by molar-refractivity contribution is 5.89. The van der Waals surface area contributed by atoms with E-state index in [2.05, 4.69) is 0 Å². The third-order valence-electron chi connectivity index (χ3n) is 5.73. The number of halogens is 3. The van der Waals surface area contributed by atoms with Crippen LogP contribution in [0.3, 0.4) is 0 Å². The average molecular weight is 364 g/mol. The summed E-state index contributed by atoms with van der Waals surface area (Å²) >= 11 is 0. The third-order valence-corrected chi connectivity index (χ3v) is 5.73. The van der Waals surface area contributed by atoms with Crippen LogP contribution in [0.2, 0.25) is 0 Å². The SMILES string of the molecule is COC1CC2(CO2)C(C2(C)OC2CC=C(C)C(F)(F)F)C(OC)C1=O. The smallest absolute Gasteiger partial charge is 0.373 e. The molecule has 6 atom stereocenters. The first-order valence-corrected chi connectivity index (χ1v) is 8.24. The van der Waals surface area contributed by atoms with Crippen molar-refractivity contribution < 1.29 is 36.9 Å². The van der Waals surface area contributed by atoms with Crippen LogP contribution in [-0.2, 0) is 23.7 Å². The molecule has 0 aromatic carbocycles. The van der Waals surface area contributed by atoms with Gasteiger partial charge in [-0.3, -0.25) is 4.79 Å². The zero-order valence-electron chi connectivity index (χ0n) is 14.7. The Labute approximate surface area is 144 Å². The molecule has 3 fully saturated rings. The summed E-state index contributed by atoms with van der Waals surface area (Å²) in [6, 6.07) is 0. The van der Waals surface area contributed by atoms with Gasteiger partial charge in [0.1, 0.15) is 23.4 Å². The van der Waals surface area contributed by atoms with Gasteiger partial charge in [0.15, 0.2) is 5.78 Å². The van der Waals surface area contributed by atoms with Crippen molar-refractivity contribution in [1.29, 1.82) is 0 Å². The van der Waals surface area contributed by atoms with E-state index in [1.807, 2.05) is 6.92 Å². The van der Waals surface area contributed by atoms with Gasteiger partial charge in [-0.1, -0.05) is 6.08 Å². The second kappa shape index (κ2) is 6.04. The van der Waals surface area contributed by atoms with Crippen LogP contribution < -0.4 is 0 Å². The predicted octanol–water partition coefficient (Wildman–Crippen LogP) is 2.43. The number of rotatable bonds is 5. The molecule has 0 radical (unpaired) electrons. The van der Waals surface area contributed by atoms with E-state index in [1.165, 1.54) is 14.2 Å². The molecule has 1 aliphatic carbocycles. The lowest BCUT2D eigenvalue weighted by atomic mass is 9.68. The van der Waals surface area contributed by atoms with Crippen LogP contribution in [0.5, 0.6) is 0 Å². The van der Waals surface area contributed by atoms with Crippen LogP contribution in [0.25, 0.3) is 0 Å². The van der Waals surface area contributed by atoms with Crippen molar-refractivity contribution in [1.82, 2.24) is 0 Å². The molecule has 3 rings (SSSR count). The number of ether oxygens (including phenoxy) is 4. The normalized spacial score (nSPS) is 44.3. The molecule has 8 heteroatoms. The molecule has 142 valence electrons. The Bertz CT molecular complexity index is 583. The third kappa shape index (κ3) is 3.13. The summed E-state index contributed by atoms with van der Waals surface area (Å²) in [5.41, 5.74) is -1.97. The highest BCUT2D eigenvalue weighted by atomic mass is 19.4. The molecule has 0 amide bonds. The summed E-state index contributed by atoms with van der Waals surface area (Å²) in [5, 5.41) is 0. The van der Waals surface area contributed by atoms with Gasteiger partial charge in [0.05, 0.1) is 18.6 Å². The van der Waals surface area contributed by atoms with Crippen molar-refractivity contribution in [2.24, 2.45) is 5.92 Å². The van der Waals surface area contributed by atoms with E-state index in [0.29, 0.717) is 13.0 Å². The molecule has 2 heterocycles.